The van der Waals surface area contributed by atoms with Crippen LogP contribution in [0.15, 0.2) is 83.9 Å². The van der Waals surface area contributed by atoms with Crippen molar-refractivity contribution in [3.63, 3.8) is 0 Å². The van der Waals surface area contributed by atoms with Crippen LogP contribution in [-0.4, -0.2) is 41.0 Å². The lowest BCUT2D eigenvalue weighted by Gasteiger charge is -2.25. The quantitative estimate of drug-likeness (QED) is 0.508. The number of carbonyl (C=O) groups is 1. The standard InChI is InChI=1S/C25H23FN4O2/c1-29(2)23(18-6-5-7-19(26)14-18)15-27-24(31)17-10-12-20(13-11-17)30-16-28-22-9-4-3-8-21(22)25(30)32/h3-14,16,23H,15H2,1-2H3,(H,27,31)/t23-/m0/s1. The number of likely N-dealkylation sites (N-methyl/N-ethyl adjacent to an activating group) is 1. The summed E-state index contributed by atoms with van der Waals surface area (Å²) in [5.74, 6) is -0.557. The summed E-state index contributed by atoms with van der Waals surface area (Å²) in [5.41, 5.74) is 2.34. The zero-order chi connectivity index (χ0) is 22.7. The molecule has 0 aliphatic heterocycles. The van der Waals surface area contributed by atoms with Crippen LogP contribution in [0.3, 0.4) is 0 Å². The Morgan fingerprint density at radius 1 is 1.06 bits per heavy atom. The van der Waals surface area contributed by atoms with Gasteiger partial charge in [-0.2, -0.15) is 0 Å². The molecule has 0 spiro atoms. The predicted molar refractivity (Wildman–Crippen MR) is 123 cm³/mol. The number of benzene rings is 3. The highest BCUT2D eigenvalue weighted by atomic mass is 19.1. The first kappa shape index (κ1) is 21.4. The van der Waals surface area contributed by atoms with Crippen LogP contribution in [0.2, 0.25) is 0 Å². The lowest BCUT2D eigenvalue weighted by Crippen LogP contribution is -2.34. The lowest BCUT2D eigenvalue weighted by molar-refractivity contribution is 0.0942. The van der Waals surface area contributed by atoms with Crippen molar-refractivity contribution in [3.8, 4) is 5.69 Å². The number of halogens is 1. The molecule has 0 aliphatic rings. The molecule has 1 aromatic heterocycles. The van der Waals surface area contributed by atoms with Crippen molar-refractivity contribution in [3.05, 3.63) is 106 Å². The number of hydrogen-bond donors (Lipinski definition) is 1. The van der Waals surface area contributed by atoms with E-state index in [1.165, 1.54) is 23.0 Å². The summed E-state index contributed by atoms with van der Waals surface area (Å²) in [6.45, 7) is 0.324. The molecule has 162 valence electrons. The number of fused-ring (bicyclic) bond motifs is 1. The van der Waals surface area contributed by atoms with Crippen LogP contribution in [-0.2, 0) is 0 Å². The molecule has 4 aromatic rings. The van der Waals surface area contributed by atoms with Gasteiger partial charge >= 0.3 is 0 Å². The number of para-hydroxylation sites is 1. The highest BCUT2D eigenvalue weighted by molar-refractivity contribution is 5.94. The second-order valence-electron chi connectivity index (χ2n) is 7.73. The van der Waals surface area contributed by atoms with Gasteiger partial charge in [0.25, 0.3) is 11.5 Å². The molecule has 1 heterocycles. The summed E-state index contributed by atoms with van der Waals surface area (Å²) in [6.07, 6.45) is 1.49. The Hall–Kier alpha value is -3.84. The maximum Gasteiger partial charge on any atom is 0.265 e. The predicted octanol–water partition coefficient (Wildman–Crippen LogP) is 3.56. The molecule has 6 nitrogen and oxygen atoms in total. The van der Waals surface area contributed by atoms with Crippen molar-refractivity contribution < 1.29 is 9.18 Å². The number of rotatable bonds is 6. The Morgan fingerprint density at radius 3 is 2.53 bits per heavy atom. The molecule has 1 N–H and O–H groups in total. The van der Waals surface area contributed by atoms with Crippen molar-refractivity contribution in [2.24, 2.45) is 0 Å². The highest BCUT2D eigenvalue weighted by Gasteiger charge is 2.16. The number of hydrogen-bond acceptors (Lipinski definition) is 4. The minimum absolute atomic E-state index is 0.170. The van der Waals surface area contributed by atoms with Gasteiger partial charge < -0.3 is 10.2 Å². The largest absolute Gasteiger partial charge is 0.350 e. The second kappa shape index (κ2) is 9.11. The number of aromatic nitrogens is 2. The molecule has 7 heteroatoms. The Morgan fingerprint density at radius 2 is 1.81 bits per heavy atom. The first-order chi connectivity index (χ1) is 15.4. The number of nitrogens with one attached hydrogen (secondary N) is 1. The fourth-order valence-electron chi connectivity index (χ4n) is 3.63. The third-order valence-corrected chi connectivity index (χ3v) is 5.39. The molecule has 4 rings (SSSR count). The number of amides is 1. The highest BCUT2D eigenvalue weighted by Crippen LogP contribution is 2.18. The zero-order valence-corrected chi connectivity index (χ0v) is 17.8. The van der Waals surface area contributed by atoms with E-state index in [0.717, 1.165) is 5.56 Å². The Bertz CT molecular complexity index is 1320. The molecule has 0 saturated carbocycles. The molecule has 3 aromatic carbocycles. The molecule has 0 bridgehead atoms. The van der Waals surface area contributed by atoms with E-state index in [-0.39, 0.29) is 23.3 Å². The first-order valence-electron chi connectivity index (χ1n) is 10.2. The Labute approximate surface area is 184 Å². The van der Waals surface area contributed by atoms with Crippen LogP contribution < -0.4 is 10.9 Å². The molecule has 1 amide bonds. The van der Waals surface area contributed by atoms with E-state index >= 15 is 0 Å². The van der Waals surface area contributed by atoms with E-state index in [0.29, 0.717) is 28.7 Å². The number of nitrogens with zero attached hydrogens (tertiary/aromatic N) is 3. The average molecular weight is 430 g/mol. The average Bonchev–Trinajstić information content (AvgIpc) is 2.79. The van der Waals surface area contributed by atoms with E-state index in [9.17, 15) is 14.0 Å². The van der Waals surface area contributed by atoms with Crippen LogP contribution in [0.4, 0.5) is 4.39 Å². The summed E-state index contributed by atoms with van der Waals surface area (Å²) < 4.78 is 15.1. The maximum absolute atomic E-state index is 13.6. The lowest BCUT2D eigenvalue weighted by atomic mass is 10.1. The minimum Gasteiger partial charge on any atom is -0.350 e. The zero-order valence-electron chi connectivity index (χ0n) is 17.8. The van der Waals surface area contributed by atoms with E-state index in [2.05, 4.69) is 10.3 Å². The fourth-order valence-corrected chi connectivity index (χ4v) is 3.63. The van der Waals surface area contributed by atoms with Gasteiger partial charge in [-0.05, 0) is 68.2 Å². The van der Waals surface area contributed by atoms with Crippen LogP contribution in [0.5, 0.6) is 0 Å². The van der Waals surface area contributed by atoms with Gasteiger partial charge in [-0.1, -0.05) is 24.3 Å². The van der Waals surface area contributed by atoms with Gasteiger partial charge in [0.15, 0.2) is 0 Å². The van der Waals surface area contributed by atoms with E-state index in [1.807, 2.05) is 31.1 Å². The smallest absolute Gasteiger partial charge is 0.265 e. The molecule has 0 saturated heterocycles. The fraction of sp³-hybridized carbons (Fsp3) is 0.160. The molecular weight excluding hydrogens is 407 g/mol. The molecule has 1 atom stereocenters. The van der Waals surface area contributed by atoms with Crippen molar-refractivity contribution in [2.45, 2.75) is 6.04 Å². The summed E-state index contributed by atoms with van der Waals surface area (Å²) in [4.78, 5) is 31.7. The third kappa shape index (κ3) is 4.43. The van der Waals surface area contributed by atoms with Gasteiger partial charge in [0.2, 0.25) is 0 Å². The van der Waals surface area contributed by atoms with Crippen LogP contribution in [0.25, 0.3) is 16.6 Å². The molecule has 0 aliphatic carbocycles. The van der Waals surface area contributed by atoms with E-state index < -0.39 is 0 Å². The van der Waals surface area contributed by atoms with Crippen molar-refractivity contribution in [2.75, 3.05) is 20.6 Å². The number of carbonyl (C=O) groups excluding carboxylic acids is 1. The van der Waals surface area contributed by atoms with Crippen molar-refractivity contribution in [1.29, 1.82) is 0 Å². The Balaban J connectivity index is 1.50. The van der Waals surface area contributed by atoms with E-state index in [1.54, 1.807) is 48.5 Å². The molecular formula is C25H23FN4O2. The summed E-state index contributed by atoms with van der Waals surface area (Å²) >= 11 is 0. The summed E-state index contributed by atoms with van der Waals surface area (Å²) in [7, 11) is 3.76. The third-order valence-electron chi connectivity index (χ3n) is 5.39. The summed E-state index contributed by atoms with van der Waals surface area (Å²) in [5, 5.41) is 3.44. The minimum atomic E-state index is -0.310. The molecule has 0 fully saturated rings. The van der Waals surface area contributed by atoms with E-state index in [4.69, 9.17) is 0 Å². The molecule has 0 radical (unpaired) electrons. The summed E-state index contributed by atoms with van der Waals surface area (Å²) in [6, 6.07) is 20.1. The first-order valence-corrected chi connectivity index (χ1v) is 10.2. The van der Waals surface area contributed by atoms with Gasteiger partial charge in [0, 0.05) is 12.1 Å². The van der Waals surface area contributed by atoms with Gasteiger partial charge in [-0.25, -0.2) is 9.37 Å². The topological polar surface area (TPSA) is 67.2 Å². The molecule has 32 heavy (non-hydrogen) atoms. The SMILES string of the molecule is CN(C)[C@@H](CNC(=O)c1ccc(-n2cnc3ccccc3c2=O)cc1)c1cccc(F)c1. The van der Waals surface area contributed by atoms with Gasteiger partial charge in [0.05, 0.1) is 22.6 Å². The second-order valence-corrected chi connectivity index (χ2v) is 7.73. The molecule has 0 unspecified atom stereocenters. The van der Waals surface area contributed by atoms with Gasteiger partial charge in [-0.15, -0.1) is 0 Å². The van der Waals surface area contributed by atoms with Crippen molar-refractivity contribution in [1.82, 2.24) is 19.8 Å². The van der Waals surface area contributed by atoms with Crippen molar-refractivity contribution >= 4 is 16.8 Å². The van der Waals surface area contributed by atoms with Gasteiger partial charge in [0.1, 0.15) is 12.1 Å². The van der Waals surface area contributed by atoms with Gasteiger partial charge in [-0.3, -0.25) is 14.2 Å². The van der Waals surface area contributed by atoms with Crippen LogP contribution >= 0.6 is 0 Å². The maximum atomic E-state index is 13.6. The van der Waals surface area contributed by atoms with Crippen LogP contribution in [0, 0.1) is 5.82 Å². The monoisotopic (exact) mass is 430 g/mol. The normalized spacial score (nSPS) is 12.1. The van der Waals surface area contributed by atoms with Crippen LogP contribution in [0.1, 0.15) is 22.0 Å². The Kier molecular flexibility index (Phi) is 6.09.